The SMILES string of the molecule is CCc1[nH]nc(C(=O)NCC2CCCS2)c1N. The second kappa shape index (κ2) is 5.44. The molecule has 1 aromatic rings. The van der Waals surface area contributed by atoms with E-state index in [-0.39, 0.29) is 5.91 Å². The maximum absolute atomic E-state index is 11.9. The summed E-state index contributed by atoms with van der Waals surface area (Å²) in [4.78, 5) is 11.9. The number of nitrogens with two attached hydrogens (primary N) is 1. The number of carbonyl (C=O) groups excluding carboxylic acids is 1. The average Bonchev–Trinajstić information content (AvgIpc) is 2.95. The maximum atomic E-state index is 11.9. The zero-order valence-electron chi connectivity index (χ0n) is 9.95. The van der Waals surface area contributed by atoms with Gasteiger partial charge in [-0.15, -0.1) is 0 Å². The molecule has 1 aromatic heterocycles. The average molecular weight is 254 g/mol. The van der Waals surface area contributed by atoms with Crippen molar-refractivity contribution in [1.82, 2.24) is 15.5 Å². The predicted molar refractivity (Wildman–Crippen MR) is 70.2 cm³/mol. The van der Waals surface area contributed by atoms with E-state index in [1.165, 1.54) is 18.6 Å². The fourth-order valence-corrected chi connectivity index (χ4v) is 3.13. The molecule has 4 N–H and O–H groups in total. The highest BCUT2D eigenvalue weighted by Crippen LogP contribution is 2.25. The molecular weight excluding hydrogens is 236 g/mol. The van der Waals surface area contributed by atoms with Crippen LogP contribution in [0, 0.1) is 0 Å². The van der Waals surface area contributed by atoms with Crippen LogP contribution in [0.15, 0.2) is 0 Å². The Bertz CT molecular complexity index is 398. The first-order valence-electron chi connectivity index (χ1n) is 5.95. The van der Waals surface area contributed by atoms with Crippen molar-refractivity contribution in [2.24, 2.45) is 0 Å². The lowest BCUT2D eigenvalue weighted by Crippen LogP contribution is -2.30. The highest BCUT2D eigenvalue weighted by atomic mass is 32.2. The summed E-state index contributed by atoms with van der Waals surface area (Å²) in [5.41, 5.74) is 7.46. The smallest absolute Gasteiger partial charge is 0.273 e. The van der Waals surface area contributed by atoms with Gasteiger partial charge in [0.1, 0.15) is 0 Å². The molecule has 17 heavy (non-hydrogen) atoms. The minimum atomic E-state index is -0.175. The Morgan fingerprint density at radius 2 is 2.53 bits per heavy atom. The van der Waals surface area contributed by atoms with Crippen molar-refractivity contribution in [3.8, 4) is 0 Å². The van der Waals surface area contributed by atoms with Gasteiger partial charge in [-0.1, -0.05) is 6.92 Å². The molecule has 1 fully saturated rings. The summed E-state index contributed by atoms with van der Waals surface area (Å²) in [6, 6.07) is 0. The Morgan fingerprint density at radius 3 is 3.12 bits per heavy atom. The minimum absolute atomic E-state index is 0.175. The number of nitrogens with zero attached hydrogens (tertiary/aromatic N) is 1. The van der Waals surface area contributed by atoms with Gasteiger partial charge in [0.15, 0.2) is 5.69 Å². The van der Waals surface area contributed by atoms with Gasteiger partial charge in [0.25, 0.3) is 5.91 Å². The molecule has 0 aliphatic carbocycles. The number of aromatic nitrogens is 2. The summed E-state index contributed by atoms with van der Waals surface area (Å²) >= 11 is 1.92. The Kier molecular flexibility index (Phi) is 3.93. The summed E-state index contributed by atoms with van der Waals surface area (Å²) in [6.45, 7) is 2.68. The van der Waals surface area contributed by atoms with Crippen LogP contribution in [0.1, 0.15) is 35.9 Å². The number of nitrogens with one attached hydrogen (secondary N) is 2. The summed E-state index contributed by atoms with van der Waals surface area (Å²) < 4.78 is 0. The first-order valence-corrected chi connectivity index (χ1v) is 6.99. The van der Waals surface area contributed by atoms with E-state index in [1.807, 2.05) is 18.7 Å². The van der Waals surface area contributed by atoms with Crippen molar-refractivity contribution in [2.75, 3.05) is 18.0 Å². The molecular formula is C11H18N4OS. The third-order valence-corrected chi connectivity index (χ3v) is 4.36. The van der Waals surface area contributed by atoms with Crippen molar-refractivity contribution >= 4 is 23.4 Å². The molecule has 1 unspecified atom stereocenters. The molecule has 0 bridgehead atoms. The Labute approximate surface area is 105 Å². The van der Waals surface area contributed by atoms with Crippen LogP contribution in [-0.2, 0) is 6.42 Å². The van der Waals surface area contributed by atoms with Crippen LogP contribution in [-0.4, -0.2) is 33.7 Å². The van der Waals surface area contributed by atoms with Gasteiger partial charge in [0, 0.05) is 11.8 Å². The molecule has 1 aliphatic heterocycles. The zero-order valence-corrected chi connectivity index (χ0v) is 10.8. The second-order valence-electron chi connectivity index (χ2n) is 4.16. The van der Waals surface area contributed by atoms with Gasteiger partial charge in [0.05, 0.1) is 11.4 Å². The van der Waals surface area contributed by atoms with E-state index < -0.39 is 0 Å². The fourth-order valence-electron chi connectivity index (χ4n) is 1.92. The second-order valence-corrected chi connectivity index (χ2v) is 5.57. The van der Waals surface area contributed by atoms with Crippen LogP contribution in [0.5, 0.6) is 0 Å². The first-order chi connectivity index (χ1) is 8.22. The summed E-state index contributed by atoms with van der Waals surface area (Å²) in [6.07, 6.45) is 3.18. The largest absolute Gasteiger partial charge is 0.395 e. The van der Waals surface area contributed by atoms with Gasteiger partial charge in [-0.2, -0.15) is 16.9 Å². The number of rotatable bonds is 4. The van der Waals surface area contributed by atoms with Gasteiger partial charge < -0.3 is 11.1 Å². The van der Waals surface area contributed by atoms with Crippen LogP contribution in [0.3, 0.4) is 0 Å². The molecule has 1 amide bonds. The van der Waals surface area contributed by atoms with Crippen LogP contribution >= 0.6 is 11.8 Å². The molecule has 0 spiro atoms. The molecule has 0 radical (unpaired) electrons. The number of aromatic amines is 1. The van der Waals surface area contributed by atoms with Gasteiger partial charge in [-0.05, 0) is 25.0 Å². The highest BCUT2D eigenvalue weighted by molar-refractivity contribution is 8.00. The highest BCUT2D eigenvalue weighted by Gasteiger charge is 2.19. The van der Waals surface area contributed by atoms with E-state index in [2.05, 4.69) is 15.5 Å². The lowest BCUT2D eigenvalue weighted by Gasteiger charge is -2.09. The van der Waals surface area contributed by atoms with Crippen LogP contribution in [0.2, 0.25) is 0 Å². The minimum Gasteiger partial charge on any atom is -0.395 e. The van der Waals surface area contributed by atoms with E-state index >= 15 is 0 Å². The summed E-state index contributed by atoms with van der Waals surface area (Å²) in [5, 5.41) is 10.2. The van der Waals surface area contributed by atoms with Gasteiger partial charge in [-0.3, -0.25) is 9.89 Å². The molecule has 6 heteroatoms. The van der Waals surface area contributed by atoms with Crippen molar-refractivity contribution in [3.63, 3.8) is 0 Å². The molecule has 5 nitrogen and oxygen atoms in total. The van der Waals surface area contributed by atoms with E-state index in [1.54, 1.807) is 0 Å². The van der Waals surface area contributed by atoms with Gasteiger partial charge in [0.2, 0.25) is 0 Å². The topological polar surface area (TPSA) is 83.8 Å². The molecule has 1 saturated heterocycles. The third-order valence-electron chi connectivity index (χ3n) is 2.97. The van der Waals surface area contributed by atoms with E-state index in [0.29, 0.717) is 23.2 Å². The number of aryl methyl sites for hydroxylation is 1. The van der Waals surface area contributed by atoms with Crippen molar-refractivity contribution < 1.29 is 4.79 Å². The van der Waals surface area contributed by atoms with E-state index in [4.69, 9.17) is 5.73 Å². The molecule has 94 valence electrons. The molecule has 1 aliphatic rings. The fraction of sp³-hybridized carbons (Fsp3) is 0.636. The van der Waals surface area contributed by atoms with Crippen LogP contribution < -0.4 is 11.1 Å². The number of thioether (sulfide) groups is 1. The molecule has 2 rings (SSSR count). The van der Waals surface area contributed by atoms with Gasteiger partial charge in [-0.25, -0.2) is 0 Å². The predicted octanol–water partition coefficient (Wildman–Crippen LogP) is 1.18. The van der Waals surface area contributed by atoms with Crippen molar-refractivity contribution in [1.29, 1.82) is 0 Å². The van der Waals surface area contributed by atoms with E-state index in [9.17, 15) is 4.79 Å². The lowest BCUT2D eigenvalue weighted by molar-refractivity contribution is 0.0949. The normalized spacial score (nSPS) is 19.5. The number of H-pyrrole nitrogens is 1. The Hall–Kier alpha value is -1.17. The summed E-state index contributed by atoms with van der Waals surface area (Å²) in [5.74, 6) is 1.02. The van der Waals surface area contributed by atoms with Crippen molar-refractivity contribution in [3.05, 3.63) is 11.4 Å². The van der Waals surface area contributed by atoms with Gasteiger partial charge >= 0.3 is 0 Å². The van der Waals surface area contributed by atoms with E-state index in [0.717, 1.165) is 12.1 Å². The quantitative estimate of drug-likeness (QED) is 0.753. The maximum Gasteiger partial charge on any atom is 0.273 e. The molecule has 0 aromatic carbocycles. The monoisotopic (exact) mass is 254 g/mol. The molecule has 0 saturated carbocycles. The standard InChI is InChI=1S/C11H18N4OS/c1-2-8-9(12)10(15-14-8)11(16)13-6-7-4-3-5-17-7/h7H,2-6,12H2,1H3,(H,13,16)(H,14,15). The van der Waals surface area contributed by atoms with Crippen LogP contribution in [0.25, 0.3) is 0 Å². The molecule has 1 atom stereocenters. The van der Waals surface area contributed by atoms with Crippen LogP contribution in [0.4, 0.5) is 5.69 Å². The third kappa shape index (κ3) is 2.74. The van der Waals surface area contributed by atoms with Crippen molar-refractivity contribution in [2.45, 2.75) is 31.4 Å². The molecule has 2 heterocycles. The number of hydrogen-bond donors (Lipinski definition) is 3. The Balaban J connectivity index is 1.92. The summed E-state index contributed by atoms with van der Waals surface area (Å²) in [7, 11) is 0. The first kappa shape index (κ1) is 12.3. The lowest BCUT2D eigenvalue weighted by atomic mass is 10.2. The number of hydrogen-bond acceptors (Lipinski definition) is 4. The Morgan fingerprint density at radius 1 is 1.71 bits per heavy atom. The number of amides is 1. The number of nitrogen functional groups attached to an aromatic ring is 1. The zero-order chi connectivity index (χ0) is 12.3. The number of carbonyl (C=O) groups is 1. The number of anilines is 1.